The van der Waals surface area contributed by atoms with E-state index < -0.39 is 0 Å². The molecule has 2 rings (SSSR count). The van der Waals surface area contributed by atoms with Gasteiger partial charge in [-0.15, -0.1) is 0 Å². The quantitative estimate of drug-likeness (QED) is 0.913. The number of aryl methyl sites for hydroxylation is 1. The van der Waals surface area contributed by atoms with E-state index >= 15 is 0 Å². The van der Waals surface area contributed by atoms with Gasteiger partial charge in [-0.3, -0.25) is 0 Å². The molecule has 1 heterocycles. The topological polar surface area (TPSA) is 51.8 Å². The van der Waals surface area contributed by atoms with Gasteiger partial charge in [-0.2, -0.15) is 0 Å². The molecule has 3 nitrogen and oxygen atoms in total. The van der Waals surface area contributed by atoms with E-state index in [0.29, 0.717) is 12.5 Å². The fourth-order valence-corrected chi connectivity index (χ4v) is 2.24. The lowest BCUT2D eigenvalue weighted by atomic mass is 9.95. The highest BCUT2D eigenvalue weighted by atomic mass is 14.9. The van der Waals surface area contributed by atoms with Gasteiger partial charge in [-0.05, 0) is 24.5 Å². The van der Waals surface area contributed by atoms with Crippen LogP contribution in [0.3, 0.4) is 0 Å². The predicted octanol–water partition coefficient (Wildman–Crippen LogP) is 3.15. The first kappa shape index (κ1) is 13.7. The lowest BCUT2D eigenvalue weighted by molar-refractivity contribution is 0.483. The molecule has 0 aliphatic rings. The molecule has 0 aliphatic carbocycles. The normalized spacial score (nSPS) is 12.7. The third-order valence-corrected chi connectivity index (χ3v) is 3.49. The summed E-state index contributed by atoms with van der Waals surface area (Å²) in [5, 5.41) is 0. The first-order valence-electron chi connectivity index (χ1n) is 6.72. The van der Waals surface area contributed by atoms with E-state index in [0.717, 1.165) is 17.1 Å². The van der Waals surface area contributed by atoms with Crippen molar-refractivity contribution in [3.63, 3.8) is 0 Å². The SMILES string of the molecule is Cc1ccccc1-c1ccnc(C(CN)C(C)C)n1. The maximum Gasteiger partial charge on any atom is 0.133 e. The van der Waals surface area contributed by atoms with Crippen molar-refractivity contribution < 1.29 is 0 Å². The minimum absolute atomic E-state index is 0.212. The van der Waals surface area contributed by atoms with Crippen molar-refractivity contribution in [1.82, 2.24) is 9.97 Å². The van der Waals surface area contributed by atoms with Crippen molar-refractivity contribution in [1.29, 1.82) is 0 Å². The first-order chi connectivity index (χ1) is 9.13. The van der Waals surface area contributed by atoms with Gasteiger partial charge in [0.15, 0.2) is 0 Å². The second kappa shape index (κ2) is 5.93. The Morgan fingerprint density at radius 2 is 1.89 bits per heavy atom. The Morgan fingerprint density at radius 1 is 1.16 bits per heavy atom. The summed E-state index contributed by atoms with van der Waals surface area (Å²) < 4.78 is 0. The van der Waals surface area contributed by atoms with Crippen molar-refractivity contribution in [2.24, 2.45) is 11.7 Å². The Bertz CT molecular complexity index is 549. The average molecular weight is 255 g/mol. The molecule has 1 aromatic heterocycles. The summed E-state index contributed by atoms with van der Waals surface area (Å²) in [4.78, 5) is 9.10. The van der Waals surface area contributed by atoms with Gasteiger partial charge in [0, 0.05) is 24.2 Å². The van der Waals surface area contributed by atoms with Gasteiger partial charge in [0.2, 0.25) is 0 Å². The van der Waals surface area contributed by atoms with Gasteiger partial charge in [0.1, 0.15) is 5.82 Å². The van der Waals surface area contributed by atoms with E-state index in [-0.39, 0.29) is 5.92 Å². The number of aromatic nitrogens is 2. The number of benzene rings is 1. The van der Waals surface area contributed by atoms with Crippen molar-refractivity contribution in [3.8, 4) is 11.3 Å². The Hall–Kier alpha value is -1.74. The molecule has 0 bridgehead atoms. The molecule has 1 aromatic carbocycles. The van der Waals surface area contributed by atoms with E-state index in [1.54, 1.807) is 0 Å². The van der Waals surface area contributed by atoms with Crippen LogP contribution >= 0.6 is 0 Å². The molecule has 0 fully saturated rings. The van der Waals surface area contributed by atoms with Gasteiger partial charge >= 0.3 is 0 Å². The van der Waals surface area contributed by atoms with Crippen LogP contribution in [-0.4, -0.2) is 16.5 Å². The average Bonchev–Trinajstić information content (AvgIpc) is 2.40. The number of hydrogen-bond acceptors (Lipinski definition) is 3. The highest BCUT2D eigenvalue weighted by molar-refractivity contribution is 5.62. The van der Waals surface area contributed by atoms with Gasteiger partial charge in [-0.25, -0.2) is 9.97 Å². The summed E-state index contributed by atoms with van der Waals surface area (Å²) in [6, 6.07) is 10.2. The molecule has 0 radical (unpaired) electrons. The smallest absolute Gasteiger partial charge is 0.133 e. The van der Waals surface area contributed by atoms with Crippen LogP contribution in [-0.2, 0) is 0 Å². The van der Waals surface area contributed by atoms with Crippen LogP contribution in [0.5, 0.6) is 0 Å². The van der Waals surface area contributed by atoms with Crippen LogP contribution < -0.4 is 5.73 Å². The summed E-state index contributed by atoms with van der Waals surface area (Å²) in [6.07, 6.45) is 1.83. The standard InChI is InChI=1S/C16H21N3/c1-11(2)14(10-17)16-18-9-8-15(19-16)13-7-5-4-6-12(13)3/h4-9,11,14H,10,17H2,1-3H3. The number of hydrogen-bond donors (Lipinski definition) is 1. The molecule has 0 amide bonds. The predicted molar refractivity (Wildman–Crippen MR) is 78.8 cm³/mol. The lowest BCUT2D eigenvalue weighted by Gasteiger charge is -2.17. The fraction of sp³-hybridized carbons (Fsp3) is 0.375. The molecular formula is C16H21N3. The molecule has 0 aliphatic heterocycles. The Morgan fingerprint density at radius 3 is 2.53 bits per heavy atom. The summed E-state index contributed by atoms with van der Waals surface area (Å²) in [6.45, 7) is 6.98. The molecule has 1 atom stereocenters. The summed E-state index contributed by atoms with van der Waals surface area (Å²) in [5.41, 5.74) is 9.20. The Kier molecular flexibility index (Phi) is 4.27. The molecule has 100 valence electrons. The molecule has 0 saturated carbocycles. The Balaban J connectivity index is 2.42. The van der Waals surface area contributed by atoms with Gasteiger partial charge in [-0.1, -0.05) is 38.1 Å². The zero-order valence-electron chi connectivity index (χ0n) is 11.8. The second-order valence-corrected chi connectivity index (χ2v) is 5.20. The van der Waals surface area contributed by atoms with E-state index in [1.807, 2.05) is 24.4 Å². The Labute approximate surface area is 114 Å². The van der Waals surface area contributed by atoms with E-state index in [2.05, 4.69) is 37.9 Å². The monoisotopic (exact) mass is 255 g/mol. The number of rotatable bonds is 4. The molecule has 2 N–H and O–H groups in total. The summed E-state index contributed by atoms with van der Waals surface area (Å²) >= 11 is 0. The molecule has 0 saturated heterocycles. The van der Waals surface area contributed by atoms with Crippen LogP contribution in [0.25, 0.3) is 11.3 Å². The fourth-order valence-electron chi connectivity index (χ4n) is 2.24. The van der Waals surface area contributed by atoms with Crippen molar-refractivity contribution in [2.75, 3.05) is 6.54 Å². The van der Waals surface area contributed by atoms with Crippen LogP contribution in [0.15, 0.2) is 36.5 Å². The maximum atomic E-state index is 5.84. The molecule has 2 aromatic rings. The summed E-state index contributed by atoms with van der Waals surface area (Å²) in [5.74, 6) is 1.50. The third kappa shape index (κ3) is 2.99. The van der Waals surface area contributed by atoms with Gasteiger partial charge in [0.25, 0.3) is 0 Å². The van der Waals surface area contributed by atoms with E-state index in [4.69, 9.17) is 10.7 Å². The van der Waals surface area contributed by atoms with Crippen molar-refractivity contribution in [2.45, 2.75) is 26.7 Å². The molecule has 3 heteroatoms. The maximum absolute atomic E-state index is 5.84. The second-order valence-electron chi connectivity index (χ2n) is 5.20. The van der Waals surface area contributed by atoms with E-state index in [1.165, 1.54) is 5.56 Å². The molecule has 19 heavy (non-hydrogen) atoms. The zero-order chi connectivity index (χ0) is 13.8. The van der Waals surface area contributed by atoms with Crippen molar-refractivity contribution >= 4 is 0 Å². The third-order valence-electron chi connectivity index (χ3n) is 3.49. The van der Waals surface area contributed by atoms with Crippen LogP contribution in [0.4, 0.5) is 0 Å². The van der Waals surface area contributed by atoms with Crippen LogP contribution in [0.1, 0.15) is 31.2 Å². The molecular weight excluding hydrogens is 234 g/mol. The largest absolute Gasteiger partial charge is 0.330 e. The highest BCUT2D eigenvalue weighted by Crippen LogP contribution is 2.24. The van der Waals surface area contributed by atoms with Crippen LogP contribution in [0, 0.1) is 12.8 Å². The molecule has 1 unspecified atom stereocenters. The summed E-state index contributed by atoms with van der Waals surface area (Å²) in [7, 11) is 0. The minimum atomic E-state index is 0.212. The minimum Gasteiger partial charge on any atom is -0.330 e. The molecule has 0 spiro atoms. The zero-order valence-corrected chi connectivity index (χ0v) is 11.8. The van der Waals surface area contributed by atoms with Crippen LogP contribution in [0.2, 0.25) is 0 Å². The first-order valence-corrected chi connectivity index (χ1v) is 6.72. The highest BCUT2D eigenvalue weighted by Gasteiger charge is 2.17. The van der Waals surface area contributed by atoms with Gasteiger partial charge in [0.05, 0.1) is 5.69 Å². The lowest BCUT2D eigenvalue weighted by Crippen LogP contribution is -2.20. The van der Waals surface area contributed by atoms with Crippen molar-refractivity contribution in [3.05, 3.63) is 47.9 Å². The van der Waals surface area contributed by atoms with Gasteiger partial charge < -0.3 is 5.73 Å². The number of nitrogens with two attached hydrogens (primary N) is 1. The number of nitrogens with zero attached hydrogens (tertiary/aromatic N) is 2. The van der Waals surface area contributed by atoms with E-state index in [9.17, 15) is 0 Å².